The zero-order valence-corrected chi connectivity index (χ0v) is 16.9. The van der Waals surface area contributed by atoms with Crippen LogP contribution < -0.4 is 15.0 Å². The normalized spacial score (nSPS) is 25.6. The van der Waals surface area contributed by atoms with Gasteiger partial charge in [0.1, 0.15) is 24.0 Å². The van der Waals surface area contributed by atoms with Crippen LogP contribution in [0.5, 0.6) is 5.75 Å². The summed E-state index contributed by atoms with van der Waals surface area (Å²) in [6.07, 6.45) is 2.46. The van der Waals surface area contributed by atoms with Crippen molar-refractivity contribution in [2.75, 3.05) is 18.6 Å². The first kappa shape index (κ1) is 19.6. The molecular formula is C21H26N4O4. The smallest absolute Gasteiger partial charge is 0.289 e. The molecule has 8 heteroatoms. The lowest BCUT2D eigenvalue weighted by atomic mass is 9.95. The van der Waals surface area contributed by atoms with Crippen molar-refractivity contribution in [3.05, 3.63) is 47.5 Å². The average molecular weight is 398 g/mol. The quantitative estimate of drug-likeness (QED) is 0.813. The fourth-order valence-electron chi connectivity index (χ4n) is 3.95. The Bertz CT molecular complexity index is 917. The first-order valence-corrected chi connectivity index (χ1v) is 9.87. The highest BCUT2D eigenvalue weighted by molar-refractivity contribution is 5.90. The van der Waals surface area contributed by atoms with E-state index >= 15 is 0 Å². The zero-order valence-electron chi connectivity index (χ0n) is 16.9. The summed E-state index contributed by atoms with van der Waals surface area (Å²) in [5.74, 6) is 0.269. The van der Waals surface area contributed by atoms with E-state index in [9.17, 15) is 9.90 Å². The van der Waals surface area contributed by atoms with E-state index in [2.05, 4.69) is 22.2 Å². The predicted molar refractivity (Wildman–Crippen MR) is 107 cm³/mol. The van der Waals surface area contributed by atoms with Crippen LogP contribution in [0.4, 0.5) is 5.69 Å². The molecule has 0 bridgehead atoms. The topological polar surface area (TPSA) is 96.8 Å². The molecule has 4 rings (SSSR count). The van der Waals surface area contributed by atoms with E-state index < -0.39 is 23.8 Å². The van der Waals surface area contributed by atoms with Gasteiger partial charge in [-0.25, -0.2) is 9.97 Å². The lowest BCUT2D eigenvalue weighted by Gasteiger charge is -2.29. The van der Waals surface area contributed by atoms with Crippen LogP contribution >= 0.6 is 0 Å². The highest BCUT2D eigenvalue weighted by atomic mass is 16.5. The lowest BCUT2D eigenvalue weighted by molar-refractivity contribution is -0.0322. The molecule has 2 aliphatic heterocycles. The van der Waals surface area contributed by atoms with Gasteiger partial charge in [-0.05, 0) is 25.5 Å². The largest absolute Gasteiger partial charge is 0.489 e. The average Bonchev–Trinajstić information content (AvgIpc) is 3.00. The molecule has 2 N–H and O–H groups in total. The molecule has 2 aromatic rings. The highest BCUT2D eigenvalue weighted by Crippen LogP contribution is 2.38. The Morgan fingerprint density at radius 3 is 3.00 bits per heavy atom. The molecule has 3 atom stereocenters. The second-order valence-corrected chi connectivity index (χ2v) is 7.72. The monoisotopic (exact) mass is 398 g/mol. The van der Waals surface area contributed by atoms with Crippen molar-refractivity contribution in [3.63, 3.8) is 0 Å². The summed E-state index contributed by atoms with van der Waals surface area (Å²) in [7, 11) is 1.76. The minimum absolute atomic E-state index is 0.0631. The van der Waals surface area contributed by atoms with Gasteiger partial charge in [0, 0.05) is 18.8 Å². The summed E-state index contributed by atoms with van der Waals surface area (Å²) < 4.78 is 11.7. The summed E-state index contributed by atoms with van der Waals surface area (Å²) in [6.45, 7) is 4.66. The molecular weight excluding hydrogens is 372 g/mol. The van der Waals surface area contributed by atoms with E-state index in [0.717, 1.165) is 29.8 Å². The van der Waals surface area contributed by atoms with Gasteiger partial charge in [-0.1, -0.05) is 25.5 Å². The Morgan fingerprint density at radius 1 is 1.41 bits per heavy atom. The molecule has 2 unspecified atom stereocenters. The molecule has 0 saturated heterocycles. The number of aromatic nitrogens is 2. The second-order valence-electron chi connectivity index (χ2n) is 7.72. The van der Waals surface area contributed by atoms with Crippen LogP contribution in [0, 0.1) is 0 Å². The first-order chi connectivity index (χ1) is 13.9. The van der Waals surface area contributed by atoms with E-state index in [0.29, 0.717) is 12.4 Å². The van der Waals surface area contributed by atoms with Crippen molar-refractivity contribution in [2.24, 2.45) is 0 Å². The Balaban J connectivity index is 1.53. The minimum Gasteiger partial charge on any atom is -0.489 e. The number of fused-ring (bicyclic) bond motifs is 2. The van der Waals surface area contributed by atoms with Gasteiger partial charge in [-0.15, -0.1) is 0 Å². The van der Waals surface area contributed by atoms with Crippen LogP contribution in [0.15, 0.2) is 30.5 Å². The number of anilines is 1. The Labute approximate surface area is 169 Å². The van der Waals surface area contributed by atoms with Gasteiger partial charge < -0.3 is 24.8 Å². The number of aliphatic hydroxyl groups is 1. The van der Waals surface area contributed by atoms with E-state index in [1.165, 1.54) is 0 Å². The maximum Gasteiger partial charge on any atom is 0.289 e. The number of amides is 1. The molecule has 0 fully saturated rings. The third kappa shape index (κ3) is 3.54. The molecule has 8 nitrogen and oxygen atoms in total. The van der Waals surface area contributed by atoms with Crippen LogP contribution in [0.1, 0.15) is 48.6 Å². The summed E-state index contributed by atoms with van der Waals surface area (Å²) in [4.78, 5) is 23.3. The fourth-order valence-corrected chi connectivity index (χ4v) is 3.95. The van der Waals surface area contributed by atoms with Gasteiger partial charge in [0.05, 0.1) is 18.0 Å². The highest BCUT2D eigenvalue weighted by Gasteiger charge is 2.38. The van der Waals surface area contributed by atoms with Crippen LogP contribution in [0.2, 0.25) is 0 Å². The van der Waals surface area contributed by atoms with Crippen molar-refractivity contribution < 1.29 is 19.4 Å². The molecule has 1 aromatic carbocycles. The number of likely N-dealkylation sites (N-methyl/N-ethyl adjacent to an activating group) is 1. The number of nitrogens with one attached hydrogen (secondary N) is 1. The van der Waals surface area contributed by atoms with Crippen LogP contribution in [-0.2, 0) is 16.9 Å². The Hall–Kier alpha value is -2.71. The molecule has 1 amide bonds. The third-order valence-electron chi connectivity index (χ3n) is 5.58. The van der Waals surface area contributed by atoms with E-state index in [4.69, 9.17) is 9.47 Å². The summed E-state index contributed by atoms with van der Waals surface area (Å²) in [5, 5.41) is 13.6. The fraction of sp³-hybridized carbons (Fsp3) is 0.476. The zero-order chi connectivity index (χ0) is 20.6. The van der Waals surface area contributed by atoms with E-state index in [1.807, 2.05) is 31.2 Å². The number of carbonyl (C=O) groups is 1. The molecule has 154 valence electrons. The minimum atomic E-state index is -0.953. The predicted octanol–water partition coefficient (Wildman–Crippen LogP) is 1.97. The first-order valence-electron chi connectivity index (χ1n) is 9.87. The number of aliphatic hydroxyl groups excluding tert-OH is 1. The van der Waals surface area contributed by atoms with Gasteiger partial charge in [-0.2, -0.15) is 0 Å². The van der Waals surface area contributed by atoms with Gasteiger partial charge in [-0.3, -0.25) is 4.79 Å². The summed E-state index contributed by atoms with van der Waals surface area (Å²) >= 11 is 0. The van der Waals surface area contributed by atoms with Crippen molar-refractivity contribution in [1.29, 1.82) is 0 Å². The molecule has 0 radical (unpaired) electrons. The Kier molecular flexibility index (Phi) is 5.14. The van der Waals surface area contributed by atoms with Crippen molar-refractivity contribution in [3.8, 4) is 5.75 Å². The van der Waals surface area contributed by atoms with Gasteiger partial charge in [0.15, 0.2) is 6.23 Å². The molecule has 0 aliphatic carbocycles. The standard InChI is InChI=1S/C21H26N4O4/c1-4-9-21(2)17-13(11-29-21)10-22-18(24-17)19(26)23-14-12-28-16-8-6-5-7-15(16)25(3)20(14)27/h5-8,10,14,20,27H,4,9,11-12H2,1-3H3,(H,23,26)/t14-,20?,21?/m0/s1. The maximum atomic E-state index is 12.9. The van der Waals surface area contributed by atoms with Crippen molar-refractivity contribution in [1.82, 2.24) is 15.3 Å². The number of hydrogen-bond donors (Lipinski definition) is 2. The second kappa shape index (κ2) is 7.61. The molecule has 0 saturated carbocycles. The number of para-hydroxylation sites is 2. The molecule has 3 heterocycles. The number of hydrogen-bond acceptors (Lipinski definition) is 7. The van der Waals surface area contributed by atoms with Crippen LogP contribution in [-0.4, -0.2) is 46.9 Å². The van der Waals surface area contributed by atoms with Crippen molar-refractivity contribution in [2.45, 2.75) is 51.2 Å². The maximum absolute atomic E-state index is 12.9. The molecule has 2 aliphatic rings. The van der Waals surface area contributed by atoms with E-state index in [1.54, 1.807) is 18.1 Å². The van der Waals surface area contributed by atoms with Gasteiger partial charge in [0.25, 0.3) is 5.91 Å². The van der Waals surface area contributed by atoms with Gasteiger partial charge >= 0.3 is 0 Å². The van der Waals surface area contributed by atoms with Crippen LogP contribution in [0.3, 0.4) is 0 Å². The molecule has 0 spiro atoms. The third-order valence-corrected chi connectivity index (χ3v) is 5.58. The SMILES string of the molecule is CCCC1(C)OCc2cnc(C(=O)N[C@H]3COc4ccccc4N(C)C3O)nc21. The van der Waals surface area contributed by atoms with Gasteiger partial charge in [0.2, 0.25) is 5.82 Å². The number of benzene rings is 1. The number of ether oxygens (including phenoxy) is 2. The number of nitrogens with zero attached hydrogens (tertiary/aromatic N) is 3. The lowest BCUT2D eigenvalue weighted by Crippen LogP contribution is -2.52. The summed E-state index contributed by atoms with van der Waals surface area (Å²) in [5.41, 5.74) is 1.93. The molecule has 29 heavy (non-hydrogen) atoms. The Morgan fingerprint density at radius 2 is 2.21 bits per heavy atom. The van der Waals surface area contributed by atoms with Crippen LogP contribution in [0.25, 0.3) is 0 Å². The molecule has 1 aromatic heterocycles. The van der Waals surface area contributed by atoms with Crippen molar-refractivity contribution >= 4 is 11.6 Å². The number of carbonyl (C=O) groups excluding carboxylic acids is 1. The van der Waals surface area contributed by atoms with E-state index in [-0.39, 0.29) is 12.4 Å². The summed E-state index contributed by atoms with van der Waals surface area (Å²) in [6, 6.07) is 6.79. The number of rotatable bonds is 4.